The van der Waals surface area contributed by atoms with Crippen molar-refractivity contribution in [3.63, 3.8) is 0 Å². The Bertz CT molecular complexity index is 1040. The number of carbonyl (C=O) groups is 4. The third kappa shape index (κ3) is 4.20. The van der Waals surface area contributed by atoms with Crippen molar-refractivity contribution in [3.8, 4) is 22.5 Å². The fourth-order valence-electron chi connectivity index (χ4n) is 2.73. The van der Waals surface area contributed by atoms with Crippen molar-refractivity contribution in [2.24, 2.45) is 0 Å². The lowest BCUT2D eigenvalue weighted by Gasteiger charge is -2.11. The van der Waals surface area contributed by atoms with Crippen LogP contribution in [0.15, 0.2) is 48.8 Å². The molecule has 150 valence electrons. The summed E-state index contributed by atoms with van der Waals surface area (Å²) < 4.78 is 0. The summed E-state index contributed by atoms with van der Waals surface area (Å²) >= 11 is 0. The first-order valence-electron chi connectivity index (χ1n) is 8.43. The SMILES string of the molecule is CC(=O)c1cc(C(=O)[O-])cc(-c2cnc(-c3cc(C(=O)[O-])cc(C(=O)[O-])c3)nc2)c1. The van der Waals surface area contributed by atoms with Crippen LogP contribution in [0.2, 0.25) is 0 Å². The maximum atomic E-state index is 11.7. The van der Waals surface area contributed by atoms with Gasteiger partial charge in [-0.05, 0) is 65.6 Å². The van der Waals surface area contributed by atoms with E-state index in [4.69, 9.17) is 0 Å². The number of carboxylic acids is 3. The first-order valence-corrected chi connectivity index (χ1v) is 8.43. The molecular weight excluding hydrogens is 392 g/mol. The minimum Gasteiger partial charge on any atom is -0.545 e. The molecule has 0 bridgehead atoms. The topological polar surface area (TPSA) is 163 Å². The lowest BCUT2D eigenvalue weighted by molar-refractivity contribution is -0.256. The number of aromatic nitrogens is 2. The predicted molar refractivity (Wildman–Crippen MR) is 95.9 cm³/mol. The fraction of sp³-hybridized carbons (Fsp3) is 0.0476. The van der Waals surface area contributed by atoms with E-state index < -0.39 is 17.9 Å². The van der Waals surface area contributed by atoms with Gasteiger partial charge in [-0.25, -0.2) is 9.97 Å². The molecular formula is C21H11N2O7-3. The predicted octanol–water partition coefficient (Wildman–Crippen LogP) is -0.896. The number of nitrogens with zero attached hydrogens (tertiary/aromatic N) is 2. The normalized spacial score (nSPS) is 10.4. The average Bonchev–Trinajstić information content (AvgIpc) is 2.73. The molecule has 0 amide bonds. The van der Waals surface area contributed by atoms with Crippen LogP contribution in [0.3, 0.4) is 0 Å². The Kier molecular flexibility index (Phi) is 5.37. The van der Waals surface area contributed by atoms with Crippen LogP contribution in [0.25, 0.3) is 22.5 Å². The van der Waals surface area contributed by atoms with Crippen LogP contribution in [-0.4, -0.2) is 33.7 Å². The van der Waals surface area contributed by atoms with Crippen molar-refractivity contribution in [2.45, 2.75) is 6.92 Å². The molecule has 3 aromatic rings. The summed E-state index contributed by atoms with van der Waals surface area (Å²) in [5.74, 6) is -4.93. The molecule has 2 aromatic carbocycles. The number of carbonyl (C=O) groups excluding carboxylic acids is 4. The Labute approximate surface area is 169 Å². The van der Waals surface area contributed by atoms with Crippen LogP contribution in [0.1, 0.15) is 48.4 Å². The summed E-state index contributed by atoms with van der Waals surface area (Å²) in [6, 6.07) is 7.17. The van der Waals surface area contributed by atoms with Gasteiger partial charge >= 0.3 is 0 Å². The molecule has 0 atom stereocenters. The molecule has 0 saturated carbocycles. The smallest absolute Gasteiger partial charge is 0.159 e. The van der Waals surface area contributed by atoms with Crippen LogP contribution >= 0.6 is 0 Å². The van der Waals surface area contributed by atoms with Crippen LogP contribution < -0.4 is 15.3 Å². The van der Waals surface area contributed by atoms with Gasteiger partial charge in [0.25, 0.3) is 0 Å². The molecule has 0 radical (unpaired) electrons. The molecule has 9 heteroatoms. The highest BCUT2D eigenvalue weighted by atomic mass is 16.4. The van der Waals surface area contributed by atoms with Crippen LogP contribution in [-0.2, 0) is 0 Å². The quantitative estimate of drug-likeness (QED) is 0.475. The van der Waals surface area contributed by atoms with E-state index in [1.165, 1.54) is 37.5 Å². The molecule has 30 heavy (non-hydrogen) atoms. The van der Waals surface area contributed by atoms with Crippen molar-refractivity contribution in [2.75, 3.05) is 0 Å². The number of hydrogen-bond acceptors (Lipinski definition) is 9. The number of ketones is 1. The zero-order valence-electron chi connectivity index (χ0n) is 15.4. The summed E-state index contributed by atoms with van der Waals surface area (Å²) in [5.41, 5.74) is 0.0422. The van der Waals surface area contributed by atoms with Gasteiger partial charge in [-0.2, -0.15) is 0 Å². The summed E-state index contributed by atoms with van der Waals surface area (Å²) in [5, 5.41) is 33.5. The van der Waals surface area contributed by atoms with Crippen molar-refractivity contribution < 1.29 is 34.5 Å². The molecule has 0 fully saturated rings. The monoisotopic (exact) mass is 403 g/mol. The second-order valence-corrected chi connectivity index (χ2v) is 6.31. The molecule has 0 aliphatic heterocycles. The van der Waals surface area contributed by atoms with E-state index in [0.29, 0.717) is 11.1 Å². The Morgan fingerprint density at radius 3 is 1.43 bits per heavy atom. The number of aromatic carboxylic acids is 3. The third-order valence-corrected chi connectivity index (χ3v) is 4.22. The van der Waals surface area contributed by atoms with Gasteiger partial charge in [-0.3, -0.25) is 4.79 Å². The molecule has 0 aliphatic carbocycles. The van der Waals surface area contributed by atoms with Gasteiger partial charge < -0.3 is 29.7 Å². The number of benzene rings is 2. The van der Waals surface area contributed by atoms with Gasteiger partial charge in [0, 0.05) is 29.1 Å². The minimum absolute atomic E-state index is 0.0206. The molecule has 9 nitrogen and oxygen atoms in total. The lowest BCUT2D eigenvalue weighted by Crippen LogP contribution is -2.25. The number of carboxylic acid groups (broad SMARTS) is 3. The van der Waals surface area contributed by atoms with Crippen molar-refractivity contribution in [3.05, 3.63) is 71.0 Å². The van der Waals surface area contributed by atoms with Gasteiger partial charge in [0.05, 0.1) is 17.9 Å². The number of Topliss-reactive ketones (excluding diaryl/α,β-unsaturated/α-hetero) is 1. The highest BCUT2D eigenvalue weighted by Gasteiger charge is 2.11. The second kappa shape index (κ2) is 7.92. The average molecular weight is 403 g/mol. The molecule has 3 rings (SSSR count). The van der Waals surface area contributed by atoms with Gasteiger partial charge in [0.2, 0.25) is 0 Å². The van der Waals surface area contributed by atoms with Crippen molar-refractivity contribution >= 4 is 23.7 Å². The summed E-state index contributed by atoms with van der Waals surface area (Å²) in [6.07, 6.45) is 2.65. The largest absolute Gasteiger partial charge is 0.545 e. The highest BCUT2D eigenvalue weighted by molar-refractivity contribution is 5.99. The van der Waals surface area contributed by atoms with Gasteiger partial charge in [0.1, 0.15) is 0 Å². The Balaban J connectivity index is 2.06. The van der Waals surface area contributed by atoms with Crippen molar-refractivity contribution in [1.82, 2.24) is 9.97 Å². The maximum Gasteiger partial charge on any atom is 0.159 e. The molecule has 0 spiro atoms. The van der Waals surface area contributed by atoms with E-state index in [1.54, 1.807) is 0 Å². The van der Waals surface area contributed by atoms with Crippen LogP contribution in [0.5, 0.6) is 0 Å². The molecule has 1 aromatic heterocycles. The molecule has 1 heterocycles. The van der Waals surface area contributed by atoms with Crippen LogP contribution in [0, 0.1) is 0 Å². The molecule has 0 N–H and O–H groups in total. The Morgan fingerprint density at radius 1 is 0.600 bits per heavy atom. The van der Waals surface area contributed by atoms with E-state index >= 15 is 0 Å². The molecule has 0 saturated heterocycles. The third-order valence-electron chi connectivity index (χ3n) is 4.22. The maximum absolute atomic E-state index is 11.7. The zero-order chi connectivity index (χ0) is 22.0. The van der Waals surface area contributed by atoms with Gasteiger partial charge in [0.15, 0.2) is 11.6 Å². The van der Waals surface area contributed by atoms with Gasteiger partial charge in [-0.1, -0.05) is 0 Å². The van der Waals surface area contributed by atoms with E-state index in [9.17, 15) is 34.5 Å². The fourth-order valence-corrected chi connectivity index (χ4v) is 2.73. The second-order valence-electron chi connectivity index (χ2n) is 6.31. The molecule has 0 aliphatic rings. The first kappa shape index (κ1) is 20.3. The van der Waals surface area contributed by atoms with Gasteiger partial charge in [-0.15, -0.1) is 0 Å². The number of rotatable bonds is 6. The first-order chi connectivity index (χ1) is 14.2. The number of hydrogen-bond donors (Lipinski definition) is 0. The Hall–Kier alpha value is -4.40. The summed E-state index contributed by atoms with van der Waals surface area (Å²) in [7, 11) is 0. The zero-order valence-corrected chi connectivity index (χ0v) is 15.4. The standard InChI is InChI=1S/C21H14N2O7/c1-10(24)11-2-12(4-14(3-11)19(25)26)17-8-22-18(23-9-17)13-5-15(20(27)28)7-16(6-13)21(29)30/h2-9H,1H3,(H,25,26)(H,27,28)(H,29,30)/p-3. The van der Waals surface area contributed by atoms with E-state index in [2.05, 4.69) is 9.97 Å². The minimum atomic E-state index is -1.58. The molecule has 0 unspecified atom stereocenters. The van der Waals surface area contributed by atoms with E-state index in [1.807, 2.05) is 0 Å². The van der Waals surface area contributed by atoms with Crippen molar-refractivity contribution in [1.29, 1.82) is 0 Å². The Morgan fingerprint density at radius 2 is 1.00 bits per heavy atom. The van der Waals surface area contributed by atoms with E-state index in [-0.39, 0.29) is 39.4 Å². The summed E-state index contributed by atoms with van der Waals surface area (Å²) in [6.45, 7) is 1.29. The van der Waals surface area contributed by atoms with Crippen LogP contribution in [0.4, 0.5) is 0 Å². The van der Waals surface area contributed by atoms with E-state index in [0.717, 1.165) is 18.2 Å². The lowest BCUT2D eigenvalue weighted by atomic mass is 10.00. The highest BCUT2D eigenvalue weighted by Crippen LogP contribution is 2.24. The summed E-state index contributed by atoms with van der Waals surface area (Å²) in [4.78, 5) is 53.3.